The Morgan fingerprint density at radius 3 is 2.33 bits per heavy atom. The molecular weight excluding hydrogens is 346 g/mol. The van der Waals surface area contributed by atoms with E-state index in [-0.39, 0.29) is 17.5 Å². The summed E-state index contributed by atoms with van der Waals surface area (Å²) in [5.74, 6) is 1.26. The number of aromatic nitrogens is 4. The first kappa shape index (κ1) is 18.4. The molecular formula is C19H21N5O3. The monoisotopic (exact) mass is 367 g/mol. The molecule has 1 aromatic carbocycles. The van der Waals surface area contributed by atoms with Crippen LogP contribution in [0, 0.1) is 0 Å². The van der Waals surface area contributed by atoms with Gasteiger partial charge in [-0.1, -0.05) is 6.07 Å². The van der Waals surface area contributed by atoms with Crippen LogP contribution in [0.4, 0.5) is 5.95 Å². The first-order chi connectivity index (χ1) is 13.0. The van der Waals surface area contributed by atoms with Gasteiger partial charge in [0.1, 0.15) is 11.5 Å². The zero-order valence-electron chi connectivity index (χ0n) is 15.6. The van der Waals surface area contributed by atoms with E-state index in [1.54, 1.807) is 26.5 Å². The van der Waals surface area contributed by atoms with Gasteiger partial charge in [-0.15, -0.1) is 0 Å². The Balaban J connectivity index is 2.31. The van der Waals surface area contributed by atoms with Gasteiger partial charge in [0.15, 0.2) is 0 Å². The molecule has 0 atom stereocenters. The van der Waals surface area contributed by atoms with Crippen LogP contribution in [-0.4, -0.2) is 34.0 Å². The number of nitrogen functional groups attached to an aromatic ring is 1. The van der Waals surface area contributed by atoms with Gasteiger partial charge in [0, 0.05) is 17.8 Å². The van der Waals surface area contributed by atoms with Crippen LogP contribution < -0.4 is 20.8 Å². The van der Waals surface area contributed by atoms with Crippen molar-refractivity contribution in [3.05, 3.63) is 46.9 Å². The van der Waals surface area contributed by atoms with Gasteiger partial charge in [0.25, 0.3) is 5.56 Å². The second kappa shape index (κ2) is 7.45. The van der Waals surface area contributed by atoms with Crippen molar-refractivity contribution in [1.29, 1.82) is 0 Å². The summed E-state index contributed by atoms with van der Waals surface area (Å²) in [6.45, 7) is 3.78. The van der Waals surface area contributed by atoms with E-state index < -0.39 is 0 Å². The fraction of sp³-hybridized carbons (Fsp3) is 0.263. The Hall–Kier alpha value is -3.42. The molecule has 0 spiro atoms. The maximum absolute atomic E-state index is 12.1. The first-order valence-electron chi connectivity index (χ1n) is 8.40. The minimum absolute atomic E-state index is 0.0867. The Kier molecular flexibility index (Phi) is 5.07. The summed E-state index contributed by atoms with van der Waals surface area (Å²) in [6, 6.07) is 8.47. The summed E-state index contributed by atoms with van der Waals surface area (Å²) in [7, 11) is 3.14. The summed E-state index contributed by atoms with van der Waals surface area (Å²) in [6.07, 6.45) is 1.58. The topological polar surface area (TPSA) is 105 Å². The van der Waals surface area contributed by atoms with Crippen molar-refractivity contribution < 1.29 is 9.47 Å². The molecule has 3 rings (SSSR count). The molecule has 0 unspecified atom stereocenters. The fourth-order valence-corrected chi connectivity index (χ4v) is 2.80. The Morgan fingerprint density at radius 2 is 1.74 bits per heavy atom. The van der Waals surface area contributed by atoms with E-state index in [2.05, 4.69) is 15.1 Å². The van der Waals surface area contributed by atoms with Crippen LogP contribution in [-0.2, 0) is 0 Å². The normalized spacial score (nSPS) is 10.9. The van der Waals surface area contributed by atoms with Crippen molar-refractivity contribution in [1.82, 2.24) is 19.7 Å². The average Bonchev–Trinajstić information content (AvgIpc) is 2.67. The highest BCUT2D eigenvalue weighted by molar-refractivity contribution is 5.85. The molecule has 8 heteroatoms. The number of anilines is 1. The number of hydrogen-bond donors (Lipinski definition) is 1. The molecule has 0 amide bonds. The van der Waals surface area contributed by atoms with Crippen molar-refractivity contribution in [3.63, 3.8) is 0 Å². The molecule has 140 valence electrons. The molecule has 0 saturated carbocycles. The Bertz CT molecular complexity index is 1010. The molecule has 2 aromatic heterocycles. The van der Waals surface area contributed by atoms with Gasteiger partial charge in [-0.3, -0.25) is 4.79 Å². The van der Waals surface area contributed by atoms with Crippen LogP contribution in [0.15, 0.2) is 41.3 Å². The number of benzene rings is 1. The molecule has 27 heavy (non-hydrogen) atoms. The van der Waals surface area contributed by atoms with Gasteiger partial charge >= 0.3 is 0 Å². The van der Waals surface area contributed by atoms with Crippen molar-refractivity contribution in [2.24, 2.45) is 0 Å². The van der Waals surface area contributed by atoms with Crippen LogP contribution in [0.5, 0.6) is 11.5 Å². The number of methoxy groups -OCH3 is 2. The zero-order valence-corrected chi connectivity index (χ0v) is 15.6. The van der Waals surface area contributed by atoms with Crippen LogP contribution in [0.2, 0.25) is 0 Å². The highest BCUT2D eigenvalue weighted by atomic mass is 16.5. The van der Waals surface area contributed by atoms with Crippen molar-refractivity contribution in [3.8, 4) is 34.0 Å². The standard InChI is InChI=1S/C19H21N5O3/c1-11(2)24-16(25)9-8-13(23-24)12-10-21-19(20)22-18(12)17-14(26-3)6-5-7-15(17)27-4/h5-11H,1-4H3,(H2,20,21,22). The lowest BCUT2D eigenvalue weighted by molar-refractivity contribution is 0.397. The lowest BCUT2D eigenvalue weighted by atomic mass is 10.0. The lowest BCUT2D eigenvalue weighted by Gasteiger charge is -2.16. The van der Waals surface area contributed by atoms with E-state index in [0.717, 1.165) is 0 Å². The smallest absolute Gasteiger partial charge is 0.267 e. The molecule has 0 aliphatic heterocycles. The second-order valence-electron chi connectivity index (χ2n) is 6.12. The molecule has 0 aliphatic carbocycles. The summed E-state index contributed by atoms with van der Waals surface area (Å²) in [4.78, 5) is 20.6. The third-order valence-electron chi connectivity index (χ3n) is 4.06. The highest BCUT2D eigenvalue weighted by Crippen LogP contribution is 2.41. The van der Waals surface area contributed by atoms with Crippen LogP contribution in [0.25, 0.3) is 22.5 Å². The van der Waals surface area contributed by atoms with Gasteiger partial charge in [-0.25, -0.2) is 14.6 Å². The number of hydrogen-bond acceptors (Lipinski definition) is 7. The molecule has 2 N–H and O–H groups in total. The maximum atomic E-state index is 12.1. The molecule has 0 radical (unpaired) electrons. The third kappa shape index (κ3) is 3.46. The highest BCUT2D eigenvalue weighted by Gasteiger charge is 2.20. The van der Waals surface area contributed by atoms with Crippen molar-refractivity contribution in [2.45, 2.75) is 19.9 Å². The van der Waals surface area contributed by atoms with Gasteiger partial charge in [-0.05, 0) is 32.0 Å². The lowest BCUT2D eigenvalue weighted by Crippen LogP contribution is -2.24. The fourth-order valence-electron chi connectivity index (χ4n) is 2.80. The predicted octanol–water partition coefficient (Wildman–Crippen LogP) is 2.55. The minimum Gasteiger partial charge on any atom is -0.496 e. The van der Waals surface area contributed by atoms with Crippen molar-refractivity contribution >= 4 is 5.95 Å². The van der Waals surface area contributed by atoms with Crippen LogP contribution in [0.1, 0.15) is 19.9 Å². The van der Waals surface area contributed by atoms with Gasteiger partial charge in [0.2, 0.25) is 5.95 Å². The average molecular weight is 367 g/mol. The number of nitrogens with zero attached hydrogens (tertiary/aromatic N) is 4. The van der Waals surface area contributed by atoms with Gasteiger partial charge < -0.3 is 15.2 Å². The summed E-state index contributed by atoms with van der Waals surface area (Å²) in [5.41, 5.74) is 7.98. The Labute approximate surface area is 156 Å². The number of rotatable bonds is 5. The Morgan fingerprint density at radius 1 is 1.07 bits per heavy atom. The zero-order chi connectivity index (χ0) is 19.6. The minimum atomic E-state index is -0.179. The molecule has 0 fully saturated rings. The number of nitrogens with two attached hydrogens (primary N) is 1. The maximum Gasteiger partial charge on any atom is 0.267 e. The van der Waals surface area contributed by atoms with Crippen molar-refractivity contribution in [2.75, 3.05) is 20.0 Å². The van der Waals surface area contributed by atoms with E-state index in [4.69, 9.17) is 15.2 Å². The predicted molar refractivity (Wildman–Crippen MR) is 103 cm³/mol. The molecule has 0 saturated heterocycles. The van der Waals surface area contributed by atoms with E-state index in [1.165, 1.54) is 10.7 Å². The van der Waals surface area contributed by atoms with E-state index in [0.29, 0.717) is 34.0 Å². The molecule has 8 nitrogen and oxygen atoms in total. The summed E-state index contributed by atoms with van der Waals surface area (Å²) in [5, 5.41) is 4.47. The third-order valence-corrected chi connectivity index (χ3v) is 4.06. The van der Waals surface area contributed by atoms with E-state index >= 15 is 0 Å². The summed E-state index contributed by atoms with van der Waals surface area (Å²) < 4.78 is 12.4. The summed E-state index contributed by atoms with van der Waals surface area (Å²) >= 11 is 0. The van der Waals surface area contributed by atoms with Gasteiger partial charge in [-0.2, -0.15) is 5.10 Å². The first-order valence-corrected chi connectivity index (χ1v) is 8.40. The molecule has 3 aromatic rings. The molecule has 0 bridgehead atoms. The molecule has 2 heterocycles. The van der Waals surface area contributed by atoms with Crippen LogP contribution >= 0.6 is 0 Å². The molecule has 0 aliphatic rings. The van der Waals surface area contributed by atoms with E-state index in [9.17, 15) is 4.79 Å². The van der Waals surface area contributed by atoms with E-state index in [1.807, 2.05) is 32.0 Å². The largest absolute Gasteiger partial charge is 0.496 e. The number of ether oxygens (including phenoxy) is 2. The second-order valence-corrected chi connectivity index (χ2v) is 6.12. The SMILES string of the molecule is COc1cccc(OC)c1-c1nc(N)ncc1-c1ccc(=O)n(C(C)C)n1. The quantitative estimate of drug-likeness (QED) is 0.739. The van der Waals surface area contributed by atoms with Crippen LogP contribution in [0.3, 0.4) is 0 Å². The van der Waals surface area contributed by atoms with Gasteiger partial charge in [0.05, 0.1) is 37.2 Å².